The molecule has 29 heavy (non-hydrogen) atoms. The molecule has 8 heteroatoms. The molecular formula is C21H21FN6O. The molecule has 1 aliphatic heterocycles. The van der Waals surface area contributed by atoms with E-state index in [9.17, 15) is 4.39 Å². The van der Waals surface area contributed by atoms with Gasteiger partial charge in [0.15, 0.2) is 11.6 Å². The van der Waals surface area contributed by atoms with Gasteiger partial charge in [0.05, 0.1) is 18.3 Å². The Morgan fingerprint density at radius 2 is 1.93 bits per heavy atom. The number of pyridine rings is 1. The summed E-state index contributed by atoms with van der Waals surface area (Å²) in [5.74, 6) is 2.21. The molecule has 0 spiro atoms. The quantitative estimate of drug-likeness (QED) is 0.616. The van der Waals surface area contributed by atoms with Gasteiger partial charge in [0.1, 0.15) is 11.6 Å². The molecule has 0 N–H and O–H groups in total. The van der Waals surface area contributed by atoms with Crippen molar-refractivity contribution in [3.05, 3.63) is 54.0 Å². The topological polar surface area (TPSA) is 76.9 Å². The van der Waals surface area contributed by atoms with Crippen molar-refractivity contribution >= 4 is 5.82 Å². The Bertz CT molecular complexity index is 1030. The van der Waals surface area contributed by atoms with E-state index in [2.05, 4.69) is 36.7 Å². The second kappa shape index (κ2) is 7.35. The molecule has 0 radical (unpaired) electrons. The molecule has 4 heterocycles. The number of anilines is 1. The van der Waals surface area contributed by atoms with Gasteiger partial charge in [-0.2, -0.15) is 4.39 Å². The van der Waals surface area contributed by atoms with Crippen molar-refractivity contribution in [2.24, 2.45) is 5.92 Å². The average Bonchev–Trinajstić information content (AvgIpc) is 3.57. The Kier molecular flexibility index (Phi) is 4.54. The maximum atomic E-state index is 14.1. The van der Waals surface area contributed by atoms with Gasteiger partial charge < -0.3 is 9.64 Å². The predicted octanol–water partition coefficient (Wildman–Crippen LogP) is 3.38. The molecule has 0 amide bonds. The van der Waals surface area contributed by atoms with Gasteiger partial charge >= 0.3 is 0 Å². The number of hydrogen-bond donors (Lipinski definition) is 0. The normalized spacial score (nSPS) is 18.4. The van der Waals surface area contributed by atoms with Crippen LogP contribution in [0.15, 0.2) is 36.8 Å². The van der Waals surface area contributed by atoms with Crippen molar-refractivity contribution in [3.63, 3.8) is 0 Å². The fourth-order valence-electron chi connectivity index (χ4n) is 3.59. The van der Waals surface area contributed by atoms with Crippen molar-refractivity contribution in [2.75, 3.05) is 18.1 Å². The molecule has 1 saturated carbocycles. The van der Waals surface area contributed by atoms with Crippen LogP contribution in [-0.2, 0) is 6.42 Å². The fourth-order valence-corrected chi connectivity index (χ4v) is 3.59. The highest BCUT2D eigenvalue weighted by Crippen LogP contribution is 2.34. The van der Waals surface area contributed by atoms with Gasteiger partial charge in [0, 0.05) is 49.3 Å². The summed E-state index contributed by atoms with van der Waals surface area (Å²) in [7, 11) is 0. The minimum Gasteiger partial charge on any atom is -0.493 e. The largest absolute Gasteiger partial charge is 0.493 e. The van der Waals surface area contributed by atoms with Crippen LogP contribution in [0.3, 0.4) is 0 Å². The standard InChI is InChI=1S/C21H21FN6O/c1-13-16-11-25-21(20-23-6-2-7-24-20)26-17(16)5-8-28(13)19-10-15(9-18(22)27-19)29-12-14-3-4-14/h2,6-7,9-11,13-14H,3-5,8,12H2,1H3. The minimum atomic E-state index is -0.529. The first kappa shape index (κ1) is 17.9. The number of aromatic nitrogens is 5. The molecule has 148 valence electrons. The fraction of sp³-hybridized carbons (Fsp3) is 0.381. The van der Waals surface area contributed by atoms with Crippen molar-refractivity contribution < 1.29 is 9.13 Å². The summed E-state index contributed by atoms with van der Waals surface area (Å²) in [6, 6.07) is 4.90. The van der Waals surface area contributed by atoms with Crippen molar-refractivity contribution in [1.29, 1.82) is 0 Å². The van der Waals surface area contributed by atoms with E-state index in [0.29, 0.717) is 48.7 Å². The predicted molar refractivity (Wildman–Crippen MR) is 105 cm³/mol. The first-order valence-corrected chi connectivity index (χ1v) is 9.87. The molecule has 7 nitrogen and oxygen atoms in total. The molecule has 1 unspecified atom stereocenters. The maximum Gasteiger partial charge on any atom is 0.218 e. The summed E-state index contributed by atoms with van der Waals surface area (Å²) in [6.07, 6.45) is 8.25. The molecule has 1 atom stereocenters. The van der Waals surface area contributed by atoms with Crippen LogP contribution in [0.25, 0.3) is 11.6 Å². The van der Waals surface area contributed by atoms with E-state index in [0.717, 1.165) is 11.3 Å². The van der Waals surface area contributed by atoms with Gasteiger partial charge in [0.2, 0.25) is 5.95 Å². The van der Waals surface area contributed by atoms with Crippen LogP contribution >= 0.6 is 0 Å². The van der Waals surface area contributed by atoms with Crippen LogP contribution in [-0.4, -0.2) is 38.1 Å². The summed E-state index contributed by atoms with van der Waals surface area (Å²) < 4.78 is 19.9. The second-order valence-electron chi connectivity index (χ2n) is 7.53. The third-order valence-electron chi connectivity index (χ3n) is 5.40. The molecule has 2 aliphatic rings. The van der Waals surface area contributed by atoms with Gasteiger partial charge in [-0.15, -0.1) is 0 Å². The lowest BCUT2D eigenvalue weighted by atomic mass is 9.99. The van der Waals surface area contributed by atoms with Gasteiger partial charge in [-0.3, -0.25) is 0 Å². The van der Waals surface area contributed by atoms with E-state index in [1.54, 1.807) is 18.5 Å². The zero-order valence-electron chi connectivity index (χ0n) is 16.1. The lowest BCUT2D eigenvalue weighted by molar-refractivity contribution is 0.297. The highest BCUT2D eigenvalue weighted by Gasteiger charge is 2.28. The van der Waals surface area contributed by atoms with Crippen molar-refractivity contribution in [2.45, 2.75) is 32.2 Å². The Labute approximate surface area is 168 Å². The molecule has 0 bridgehead atoms. The zero-order valence-corrected chi connectivity index (χ0v) is 16.1. The number of fused-ring (bicyclic) bond motifs is 1. The molecule has 0 aromatic carbocycles. The van der Waals surface area contributed by atoms with Gasteiger partial charge in [-0.25, -0.2) is 24.9 Å². The number of nitrogens with zero attached hydrogens (tertiary/aromatic N) is 6. The third kappa shape index (κ3) is 3.74. The van der Waals surface area contributed by atoms with Crippen LogP contribution in [0.1, 0.15) is 37.1 Å². The Morgan fingerprint density at radius 1 is 1.10 bits per heavy atom. The Hall–Kier alpha value is -3.16. The Morgan fingerprint density at radius 3 is 2.72 bits per heavy atom. The number of ether oxygens (including phenoxy) is 1. The molecule has 5 rings (SSSR count). The van der Waals surface area contributed by atoms with E-state index in [1.807, 2.05) is 12.3 Å². The van der Waals surface area contributed by atoms with E-state index in [-0.39, 0.29) is 6.04 Å². The van der Waals surface area contributed by atoms with E-state index >= 15 is 0 Å². The van der Waals surface area contributed by atoms with E-state index in [1.165, 1.54) is 18.9 Å². The summed E-state index contributed by atoms with van der Waals surface area (Å²) in [5, 5.41) is 0. The highest BCUT2D eigenvalue weighted by atomic mass is 19.1. The molecular weight excluding hydrogens is 371 g/mol. The first-order chi connectivity index (χ1) is 14.2. The third-order valence-corrected chi connectivity index (χ3v) is 5.40. The zero-order chi connectivity index (χ0) is 19.8. The maximum absolute atomic E-state index is 14.1. The summed E-state index contributed by atoms with van der Waals surface area (Å²) in [6.45, 7) is 3.37. The SMILES string of the molecule is CC1c2cnc(-c3ncccn3)nc2CCN1c1cc(OCC2CC2)cc(F)n1. The summed E-state index contributed by atoms with van der Waals surface area (Å²) in [4.78, 5) is 23.7. The van der Waals surface area contributed by atoms with Crippen LogP contribution in [0, 0.1) is 11.9 Å². The molecule has 3 aromatic rings. The van der Waals surface area contributed by atoms with E-state index < -0.39 is 5.95 Å². The second-order valence-corrected chi connectivity index (χ2v) is 7.53. The van der Waals surface area contributed by atoms with Gasteiger partial charge in [-0.1, -0.05) is 0 Å². The smallest absolute Gasteiger partial charge is 0.218 e. The number of rotatable bonds is 5. The molecule has 3 aromatic heterocycles. The average molecular weight is 392 g/mol. The number of hydrogen-bond acceptors (Lipinski definition) is 7. The van der Waals surface area contributed by atoms with Crippen LogP contribution < -0.4 is 9.64 Å². The molecule has 0 saturated heterocycles. The van der Waals surface area contributed by atoms with Gasteiger partial charge in [-0.05, 0) is 31.7 Å². The lowest BCUT2D eigenvalue weighted by Gasteiger charge is -2.35. The van der Waals surface area contributed by atoms with Crippen LogP contribution in [0.2, 0.25) is 0 Å². The van der Waals surface area contributed by atoms with E-state index in [4.69, 9.17) is 4.74 Å². The van der Waals surface area contributed by atoms with Crippen molar-refractivity contribution in [3.8, 4) is 17.4 Å². The molecule has 1 fully saturated rings. The summed E-state index contributed by atoms with van der Waals surface area (Å²) >= 11 is 0. The van der Waals surface area contributed by atoms with Crippen LogP contribution in [0.4, 0.5) is 10.2 Å². The monoisotopic (exact) mass is 392 g/mol. The minimum absolute atomic E-state index is 0.0323. The van der Waals surface area contributed by atoms with Crippen molar-refractivity contribution in [1.82, 2.24) is 24.9 Å². The summed E-state index contributed by atoms with van der Waals surface area (Å²) in [5.41, 5.74) is 1.97. The molecule has 1 aliphatic carbocycles. The lowest BCUT2D eigenvalue weighted by Crippen LogP contribution is -2.35. The highest BCUT2D eigenvalue weighted by molar-refractivity contribution is 5.50. The number of halogens is 1. The first-order valence-electron chi connectivity index (χ1n) is 9.87. The van der Waals surface area contributed by atoms with Gasteiger partial charge in [0.25, 0.3) is 0 Å². The van der Waals surface area contributed by atoms with Crippen LogP contribution in [0.5, 0.6) is 5.75 Å². The Balaban J connectivity index is 1.40.